The van der Waals surface area contributed by atoms with E-state index in [4.69, 9.17) is 9.84 Å². The molecule has 1 aromatic rings. The minimum absolute atomic E-state index is 0.0508. The van der Waals surface area contributed by atoms with Crippen LogP contribution < -0.4 is 10.1 Å². The van der Waals surface area contributed by atoms with E-state index in [0.717, 1.165) is 36.4 Å². The highest BCUT2D eigenvalue weighted by Crippen LogP contribution is 2.27. The van der Waals surface area contributed by atoms with Gasteiger partial charge in [0.1, 0.15) is 18.4 Å². The standard InChI is InChI=1S/C16H20N2O4/c19-15-6-3-11-10-12(4-5-13(11)17-15)22-9-8-18-7-1-2-14(18)16(20)21/h4-5,10,14H,1-3,6-9H2,(H,17,19)(H,20,21)/t14-/m1/s1. The molecule has 1 saturated heterocycles. The third kappa shape index (κ3) is 3.22. The SMILES string of the molecule is O=C1CCc2cc(OCCN3CCC[C@@H]3C(=O)O)ccc2N1. The van der Waals surface area contributed by atoms with Gasteiger partial charge in [-0.3, -0.25) is 14.5 Å². The van der Waals surface area contributed by atoms with Crippen LogP contribution in [0.15, 0.2) is 18.2 Å². The van der Waals surface area contributed by atoms with Gasteiger partial charge in [0.25, 0.3) is 0 Å². The van der Waals surface area contributed by atoms with Gasteiger partial charge in [-0.15, -0.1) is 0 Å². The number of rotatable bonds is 5. The van der Waals surface area contributed by atoms with Gasteiger partial charge in [0.2, 0.25) is 5.91 Å². The number of aliphatic carboxylic acids is 1. The number of ether oxygens (including phenoxy) is 1. The van der Waals surface area contributed by atoms with Crippen LogP contribution in [0, 0.1) is 0 Å². The van der Waals surface area contributed by atoms with Crippen LogP contribution in [0.2, 0.25) is 0 Å². The molecule has 0 saturated carbocycles. The van der Waals surface area contributed by atoms with E-state index in [2.05, 4.69) is 5.32 Å². The molecule has 2 aliphatic heterocycles. The number of carbonyl (C=O) groups is 2. The molecule has 2 aliphatic rings. The lowest BCUT2D eigenvalue weighted by Crippen LogP contribution is -2.38. The molecule has 1 aromatic carbocycles. The third-order valence-corrected chi connectivity index (χ3v) is 4.27. The number of carboxylic acid groups (broad SMARTS) is 1. The van der Waals surface area contributed by atoms with Gasteiger partial charge in [-0.1, -0.05) is 0 Å². The quantitative estimate of drug-likeness (QED) is 0.862. The largest absolute Gasteiger partial charge is 0.492 e. The molecule has 1 atom stereocenters. The van der Waals surface area contributed by atoms with Crippen molar-refractivity contribution in [3.05, 3.63) is 23.8 Å². The molecular formula is C16H20N2O4. The first-order chi connectivity index (χ1) is 10.6. The predicted molar refractivity (Wildman–Crippen MR) is 81.1 cm³/mol. The van der Waals surface area contributed by atoms with Crippen LogP contribution in [0.1, 0.15) is 24.8 Å². The van der Waals surface area contributed by atoms with Crippen molar-refractivity contribution in [3.8, 4) is 5.75 Å². The number of carboxylic acids is 1. The molecule has 0 bridgehead atoms. The molecule has 2 heterocycles. The highest BCUT2D eigenvalue weighted by molar-refractivity contribution is 5.93. The molecule has 0 aromatic heterocycles. The van der Waals surface area contributed by atoms with Gasteiger partial charge in [0, 0.05) is 18.7 Å². The van der Waals surface area contributed by atoms with Crippen LogP contribution in [0.4, 0.5) is 5.69 Å². The second-order valence-corrected chi connectivity index (χ2v) is 5.75. The van der Waals surface area contributed by atoms with E-state index >= 15 is 0 Å². The molecule has 3 rings (SSSR count). The fraction of sp³-hybridized carbons (Fsp3) is 0.500. The topological polar surface area (TPSA) is 78.9 Å². The zero-order chi connectivity index (χ0) is 15.5. The second kappa shape index (κ2) is 6.36. The Morgan fingerprint density at radius 1 is 1.41 bits per heavy atom. The summed E-state index contributed by atoms with van der Waals surface area (Å²) in [5, 5.41) is 12.0. The van der Waals surface area contributed by atoms with E-state index in [0.29, 0.717) is 26.0 Å². The van der Waals surface area contributed by atoms with Crippen molar-refractivity contribution < 1.29 is 19.4 Å². The summed E-state index contributed by atoms with van der Waals surface area (Å²) in [6.45, 7) is 1.90. The number of nitrogens with one attached hydrogen (secondary N) is 1. The van der Waals surface area contributed by atoms with Crippen molar-refractivity contribution in [1.82, 2.24) is 4.90 Å². The molecule has 1 amide bonds. The summed E-state index contributed by atoms with van der Waals surface area (Å²) in [5.41, 5.74) is 1.94. The Balaban J connectivity index is 1.54. The smallest absolute Gasteiger partial charge is 0.320 e. The van der Waals surface area contributed by atoms with Crippen molar-refractivity contribution in [2.24, 2.45) is 0 Å². The maximum Gasteiger partial charge on any atom is 0.320 e. The molecule has 0 unspecified atom stereocenters. The van der Waals surface area contributed by atoms with Crippen LogP contribution in [0.25, 0.3) is 0 Å². The number of amides is 1. The Hall–Kier alpha value is -2.08. The zero-order valence-electron chi connectivity index (χ0n) is 12.4. The highest BCUT2D eigenvalue weighted by Gasteiger charge is 2.29. The molecule has 0 aliphatic carbocycles. The normalized spacial score (nSPS) is 21.3. The predicted octanol–water partition coefficient (Wildman–Crippen LogP) is 1.50. The highest BCUT2D eigenvalue weighted by atomic mass is 16.5. The fourth-order valence-corrected chi connectivity index (χ4v) is 3.10. The van der Waals surface area contributed by atoms with Crippen molar-refractivity contribution in [2.45, 2.75) is 31.7 Å². The number of nitrogens with zero attached hydrogens (tertiary/aromatic N) is 1. The lowest BCUT2D eigenvalue weighted by Gasteiger charge is -2.21. The van der Waals surface area contributed by atoms with Gasteiger partial charge in [-0.05, 0) is 49.6 Å². The number of carbonyl (C=O) groups excluding carboxylic acids is 1. The van der Waals surface area contributed by atoms with Crippen molar-refractivity contribution in [3.63, 3.8) is 0 Å². The number of benzene rings is 1. The van der Waals surface area contributed by atoms with E-state index in [1.54, 1.807) is 0 Å². The van der Waals surface area contributed by atoms with Gasteiger partial charge in [-0.2, -0.15) is 0 Å². The van der Waals surface area contributed by atoms with Gasteiger partial charge in [-0.25, -0.2) is 0 Å². The minimum Gasteiger partial charge on any atom is -0.492 e. The third-order valence-electron chi connectivity index (χ3n) is 4.27. The number of hydrogen-bond acceptors (Lipinski definition) is 4. The molecule has 6 heteroatoms. The molecule has 22 heavy (non-hydrogen) atoms. The number of fused-ring (bicyclic) bond motifs is 1. The molecule has 1 fully saturated rings. The summed E-state index contributed by atoms with van der Waals surface area (Å²) in [5.74, 6) is 0.0675. The first-order valence-corrected chi connectivity index (χ1v) is 7.66. The summed E-state index contributed by atoms with van der Waals surface area (Å²) in [6.07, 6.45) is 2.87. The molecule has 0 radical (unpaired) electrons. The van der Waals surface area contributed by atoms with Gasteiger partial charge in [0.05, 0.1) is 0 Å². The van der Waals surface area contributed by atoms with E-state index in [1.807, 2.05) is 23.1 Å². The molecule has 118 valence electrons. The molecule has 2 N–H and O–H groups in total. The van der Waals surface area contributed by atoms with Crippen LogP contribution >= 0.6 is 0 Å². The Morgan fingerprint density at radius 3 is 3.09 bits per heavy atom. The summed E-state index contributed by atoms with van der Waals surface area (Å²) < 4.78 is 5.74. The first-order valence-electron chi connectivity index (χ1n) is 7.66. The van der Waals surface area contributed by atoms with Crippen LogP contribution in [0.3, 0.4) is 0 Å². The maximum atomic E-state index is 11.3. The monoisotopic (exact) mass is 304 g/mol. The van der Waals surface area contributed by atoms with Gasteiger partial charge >= 0.3 is 5.97 Å². The summed E-state index contributed by atoms with van der Waals surface area (Å²) in [4.78, 5) is 24.4. The summed E-state index contributed by atoms with van der Waals surface area (Å²) in [7, 11) is 0. The van der Waals surface area contributed by atoms with E-state index < -0.39 is 5.97 Å². The Bertz CT molecular complexity index is 588. The summed E-state index contributed by atoms with van der Waals surface area (Å²) in [6, 6.07) is 5.27. The van der Waals surface area contributed by atoms with Gasteiger partial charge in [0.15, 0.2) is 0 Å². The number of anilines is 1. The van der Waals surface area contributed by atoms with Crippen molar-refractivity contribution in [1.29, 1.82) is 0 Å². The van der Waals surface area contributed by atoms with Crippen LogP contribution in [0.5, 0.6) is 5.75 Å². The number of hydrogen-bond donors (Lipinski definition) is 2. The van der Waals surface area contributed by atoms with Crippen molar-refractivity contribution >= 4 is 17.6 Å². The van der Waals surface area contributed by atoms with E-state index in [9.17, 15) is 9.59 Å². The van der Waals surface area contributed by atoms with Crippen molar-refractivity contribution in [2.75, 3.05) is 25.0 Å². The lowest BCUT2D eigenvalue weighted by atomic mass is 10.0. The number of aryl methyl sites for hydroxylation is 1. The second-order valence-electron chi connectivity index (χ2n) is 5.75. The average molecular weight is 304 g/mol. The Morgan fingerprint density at radius 2 is 2.27 bits per heavy atom. The Kier molecular flexibility index (Phi) is 4.29. The first kappa shape index (κ1) is 14.8. The number of likely N-dealkylation sites (tertiary alicyclic amines) is 1. The average Bonchev–Trinajstić information content (AvgIpc) is 2.96. The maximum absolute atomic E-state index is 11.3. The molecule has 6 nitrogen and oxygen atoms in total. The lowest BCUT2D eigenvalue weighted by molar-refractivity contribution is -0.142. The fourth-order valence-electron chi connectivity index (χ4n) is 3.10. The van der Waals surface area contributed by atoms with E-state index in [1.165, 1.54) is 0 Å². The minimum atomic E-state index is -0.748. The van der Waals surface area contributed by atoms with Crippen LogP contribution in [-0.4, -0.2) is 47.6 Å². The van der Waals surface area contributed by atoms with Crippen LogP contribution in [-0.2, 0) is 16.0 Å². The molecular weight excluding hydrogens is 284 g/mol. The Labute approximate surface area is 129 Å². The molecule has 0 spiro atoms. The summed E-state index contributed by atoms with van der Waals surface area (Å²) >= 11 is 0. The van der Waals surface area contributed by atoms with Gasteiger partial charge < -0.3 is 15.2 Å². The van der Waals surface area contributed by atoms with E-state index in [-0.39, 0.29) is 11.9 Å². The zero-order valence-corrected chi connectivity index (χ0v) is 12.4.